The quantitative estimate of drug-likeness (QED) is 0.543. The van der Waals surface area contributed by atoms with E-state index in [-0.39, 0.29) is 42.7 Å². The number of halogens is 3. The van der Waals surface area contributed by atoms with Crippen LogP contribution in [0, 0.1) is 12.7 Å². The minimum Gasteiger partial charge on any atom is -0.484 e. The third-order valence-corrected chi connectivity index (χ3v) is 4.23. The van der Waals surface area contributed by atoms with Crippen LogP contribution in [0.25, 0.3) is 0 Å². The highest BCUT2D eigenvalue weighted by molar-refractivity contribution is 5.77. The molecule has 0 aliphatic carbocycles. The minimum absolute atomic E-state index is 0.163. The lowest BCUT2D eigenvalue weighted by Crippen LogP contribution is -2.30. The minimum atomic E-state index is -2.57. The lowest BCUT2D eigenvalue weighted by Gasteiger charge is -2.08. The van der Waals surface area contributed by atoms with E-state index < -0.39 is 12.2 Å². The molecule has 0 saturated heterocycles. The van der Waals surface area contributed by atoms with Crippen LogP contribution >= 0.6 is 0 Å². The van der Waals surface area contributed by atoms with Crippen molar-refractivity contribution in [3.8, 4) is 5.75 Å². The Balaban J connectivity index is 1.54. The van der Waals surface area contributed by atoms with Gasteiger partial charge in [-0.15, -0.1) is 0 Å². The molecular weight excluding hydrogens is 399 g/mol. The molecule has 0 bridgehead atoms. The number of unbranched alkanes of at least 4 members (excludes halogenated alkanes) is 1. The van der Waals surface area contributed by atoms with Crippen LogP contribution in [0.3, 0.4) is 0 Å². The molecule has 0 unspecified atom stereocenters. The molecule has 0 aliphatic rings. The van der Waals surface area contributed by atoms with Gasteiger partial charge in [0.15, 0.2) is 6.61 Å². The van der Waals surface area contributed by atoms with Crippen molar-refractivity contribution in [3.63, 3.8) is 0 Å². The number of carbonyl (C=O) groups excluding carboxylic acids is 2. The fraction of sp³-hybridized carbons (Fsp3) is 0.381. The van der Waals surface area contributed by atoms with E-state index in [0.717, 1.165) is 6.20 Å². The molecule has 1 aromatic heterocycles. The van der Waals surface area contributed by atoms with Crippen molar-refractivity contribution in [2.45, 2.75) is 39.2 Å². The summed E-state index contributed by atoms with van der Waals surface area (Å²) in [7, 11) is 0. The molecule has 9 heteroatoms. The van der Waals surface area contributed by atoms with Gasteiger partial charge in [0.1, 0.15) is 11.6 Å². The van der Waals surface area contributed by atoms with Gasteiger partial charge < -0.3 is 15.4 Å². The lowest BCUT2D eigenvalue weighted by molar-refractivity contribution is -0.123. The summed E-state index contributed by atoms with van der Waals surface area (Å²) in [6.45, 7) is 1.96. The first-order valence-corrected chi connectivity index (χ1v) is 9.50. The van der Waals surface area contributed by atoms with Crippen molar-refractivity contribution in [2.75, 3.05) is 13.2 Å². The Morgan fingerprint density at radius 3 is 2.57 bits per heavy atom. The second-order valence-corrected chi connectivity index (χ2v) is 6.67. The average molecular weight is 423 g/mol. The van der Waals surface area contributed by atoms with Crippen molar-refractivity contribution in [1.82, 2.24) is 15.6 Å². The van der Waals surface area contributed by atoms with E-state index in [9.17, 15) is 22.8 Å². The number of nitrogens with zero attached hydrogens (tertiary/aromatic N) is 1. The zero-order valence-corrected chi connectivity index (χ0v) is 16.6. The predicted molar refractivity (Wildman–Crippen MR) is 105 cm³/mol. The molecular formula is C21H24F3N3O3. The Morgan fingerprint density at radius 1 is 1.10 bits per heavy atom. The Bertz CT molecular complexity index is 845. The number of pyridine rings is 1. The number of hydrogen-bond donors (Lipinski definition) is 2. The molecule has 30 heavy (non-hydrogen) atoms. The van der Waals surface area contributed by atoms with Crippen molar-refractivity contribution in [1.29, 1.82) is 0 Å². The van der Waals surface area contributed by atoms with Gasteiger partial charge in [-0.1, -0.05) is 6.07 Å². The molecule has 6 nitrogen and oxygen atoms in total. The van der Waals surface area contributed by atoms with Crippen molar-refractivity contribution < 1.29 is 27.5 Å². The highest BCUT2D eigenvalue weighted by Crippen LogP contribution is 2.17. The summed E-state index contributed by atoms with van der Waals surface area (Å²) in [5.74, 6) is -0.639. The molecule has 0 fully saturated rings. The predicted octanol–water partition coefficient (Wildman–Crippen LogP) is 3.45. The van der Waals surface area contributed by atoms with Crippen molar-refractivity contribution >= 4 is 11.8 Å². The number of nitrogens with one attached hydrogen (secondary N) is 2. The number of carbonyl (C=O) groups is 2. The molecule has 2 aromatic rings. The summed E-state index contributed by atoms with van der Waals surface area (Å²) in [6.07, 6.45) is -0.0512. The number of ether oxygens (including phenoxy) is 1. The lowest BCUT2D eigenvalue weighted by atomic mass is 10.2. The molecule has 0 spiro atoms. The summed E-state index contributed by atoms with van der Waals surface area (Å²) >= 11 is 0. The highest BCUT2D eigenvalue weighted by atomic mass is 19.3. The van der Waals surface area contributed by atoms with Crippen molar-refractivity contribution in [2.24, 2.45) is 0 Å². The maximum Gasteiger partial charge on any atom is 0.265 e. The molecule has 162 valence electrons. The largest absolute Gasteiger partial charge is 0.484 e. The Labute approximate surface area is 172 Å². The van der Waals surface area contributed by atoms with Gasteiger partial charge in [0.05, 0.1) is 12.2 Å². The topological polar surface area (TPSA) is 80.3 Å². The summed E-state index contributed by atoms with van der Waals surface area (Å²) in [5, 5.41) is 5.33. The first-order chi connectivity index (χ1) is 14.3. The first kappa shape index (κ1) is 23.2. The average Bonchev–Trinajstić information content (AvgIpc) is 2.73. The number of amides is 2. The van der Waals surface area contributed by atoms with Crippen LogP contribution in [0.5, 0.6) is 5.75 Å². The summed E-state index contributed by atoms with van der Waals surface area (Å²) < 4.78 is 43.6. The zero-order chi connectivity index (χ0) is 21.9. The van der Waals surface area contributed by atoms with E-state index >= 15 is 0 Å². The van der Waals surface area contributed by atoms with Crippen LogP contribution in [0.2, 0.25) is 0 Å². The van der Waals surface area contributed by atoms with Gasteiger partial charge in [0.2, 0.25) is 5.91 Å². The van der Waals surface area contributed by atoms with Crippen LogP contribution in [0.15, 0.2) is 36.5 Å². The molecule has 2 amide bonds. The fourth-order valence-corrected chi connectivity index (χ4v) is 2.45. The number of aromatic nitrogens is 1. The molecule has 0 atom stereocenters. The van der Waals surface area contributed by atoms with Gasteiger partial charge in [0, 0.05) is 30.8 Å². The smallest absolute Gasteiger partial charge is 0.265 e. The first-order valence-electron chi connectivity index (χ1n) is 9.50. The standard InChI is InChI=1S/C21H24F3N3O3/c1-14-5-8-17(10-18(14)22)30-13-20(29)25-9-3-2-4-19(28)27-12-16-7-6-15(11-26-16)21(23)24/h5-8,10-11,21H,2-4,9,12-13H2,1H3,(H,25,29)(H,27,28). The summed E-state index contributed by atoms with van der Waals surface area (Å²) in [4.78, 5) is 27.4. The zero-order valence-electron chi connectivity index (χ0n) is 16.6. The highest BCUT2D eigenvalue weighted by Gasteiger charge is 2.08. The maximum absolute atomic E-state index is 13.4. The number of benzene rings is 1. The van der Waals surface area contributed by atoms with Gasteiger partial charge in [0.25, 0.3) is 12.3 Å². The number of alkyl halides is 2. The van der Waals surface area contributed by atoms with Gasteiger partial charge in [-0.2, -0.15) is 0 Å². The molecule has 1 aromatic carbocycles. The molecule has 2 rings (SSSR count). The fourth-order valence-electron chi connectivity index (χ4n) is 2.45. The van der Waals surface area contributed by atoms with E-state index in [2.05, 4.69) is 15.6 Å². The van der Waals surface area contributed by atoms with Gasteiger partial charge >= 0.3 is 0 Å². The van der Waals surface area contributed by atoms with Crippen LogP contribution < -0.4 is 15.4 Å². The van der Waals surface area contributed by atoms with Crippen LogP contribution in [0.4, 0.5) is 13.2 Å². The van der Waals surface area contributed by atoms with E-state index in [1.807, 2.05) is 0 Å². The normalized spacial score (nSPS) is 10.7. The monoisotopic (exact) mass is 423 g/mol. The number of rotatable bonds is 11. The molecule has 1 heterocycles. The Kier molecular flexibility index (Phi) is 9.11. The second kappa shape index (κ2) is 11.8. The number of hydrogen-bond acceptors (Lipinski definition) is 4. The SMILES string of the molecule is Cc1ccc(OCC(=O)NCCCCC(=O)NCc2ccc(C(F)F)cn2)cc1F. The molecule has 0 aliphatic heterocycles. The van der Waals surface area contributed by atoms with Gasteiger partial charge in [-0.25, -0.2) is 13.2 Å². The number of aryl methyl sites for hydroxylation is 1. The molecule has 0 saturated carbocycles. The van der Waals surface area contributed by atoms with E-state index in [4.69, 9.17) is 4.74 Å². The second-order valence-electron chi connectivity index (χ2n) is 6.67. The van der Waals surface area contributed by atoms with Crippen molar-refractivity contribution in [3.05, 3.63) is 59.2 Å². The van der Waals surface area contributed by atoms with E-state index in [1.165, 1.54) is 18.2 Å². The van der Waals surface area contributed by atoms with E-state index in [0.29, 0.717) is 30.6 Å². The molecule has 2 N–H and O–H groups in total. The van der Waals surface area contributed by atoms with Crippen LogP contribution in [-0.2, 0) is 16.1 Å². The maximum atomic E-state index is 13.4. The van der Waals surface area contributed by atoms with Gasteiger partial charge in [-0.3, -0.25) is 14.6 Å². The van der Waals surface area contributed by atoms with Crippen LogP contribution in [-0.4, -0.2) is 29.9 Å². The molecule has 0 radical (unpaired) electrons. The third kappa shape index (κ3) is 8.10. The van der Waals surface area contributed by atoms with Crippen LogP contribution in [0.1, 0.15) is 42.5 Å². The Morgan fingerprint density at radius 2 is 1.90 bits per heavy atom. The van der Waals surface area contributed by atoms with E-state index in [1.54, 1.807) is 19.1 Å². The van der Waals surface area contributed by atoms with Gasteiger partial charge in [-0.05, 0) is 43.5 Å². The summed E-state index contributed by atoms with van der Waals surface area (Å²) in [6, 6.07) is 7.12. The third-order valence-electron chi connectivity index (χ3n) is 4.23. The Hall–Kier alpha value is -3.10. The summed E-state index contributed by atoms with van der Waals surface area (Å²) in [5.41, 5.74) is 0.828.